The lowest BCUT2D eigenvalue weighted by molar-refractivity contribution is 0.358. The maximum atomic E-state index is 5.79. The van der Waals surface area contributed by atoms with Crippen molar-refractivity contribution >= 4 is 17.4 Å². The Kier molecular flexibility index (Phi) is 3.55. The Balaban J connectivity index is 2.81. The highest BCUT2D eigenvalue weighted by atomic mass is 35.5. The zero-order valence-electron chi connectivity index (χ0n) is 9.93. The van der Waals surface area contributed by atoms with Crippen LogP contribution in [0.4, 0.5) is 5.82 Å². The molecule has 0 radical (unpaired) electrons. The number of aryl methyl sites for hydroxylation is 1. The van der Waals surface area contributed by atoms with E-state index in [0.29, 0.717) is 11.3 Å². The van der Waals surface area contributed by atoms with Crippen LogP contribution in [-0.2, 0) is 0 Å². The molecule has 1 rings (SSSR count). The van der Waals surface area contributed by atoms with E-state index in [9.17, 15) is 0 Å². The van der Waals surface area contributed by atoms with Crippen LogP contribution in [0.2, 0.25) is 5.28 Å². The van der Waals surface area contributed by atoms with E-state index in [4.69, 9.17) is 11.6 Å². The van der Waals surface area contributed by atoms with Crippen molar-refractivity contribution in [2.24, 2.45) is 5.41 Å². The molecule has 0 spiro atoms. The van der Waals surface area contributed by atoms with Gasteiger partial charge in [-0.25, -0.2) is 9.97 Å². The van der Waals surface area contributed by atoms with Crippen LogP contribution in [0.3, 0.4) is 0 Å². The lowest BCUT2D eigenvalue weighted by atomic mass is 9.88. The average molecular weight is 228 g/mol. The molecule has 0 aliphatic rings. The fraction of sp³-hybridized carbons (Fsp3) is 0.636. The molecule has 4 heteroatoms. The summed E-state index contributed by atoms with van der Waals surface area (Å²) < 4.78 is 0. The number of rotatable bonds is 2. The minimum Gasteiger partial charge on any atom is -0.367 e. The Morgan fingerprint density at radius 1 is 1.33 bits per heavy atom. The highest BCUT2D eigenvalue weighted by molar-refractivity contribution is 6.28. The van der Waals surface area contributed by atoms with Crippen molar-refractivity contribution in [1.82, 2.24) is 9.97 Å². The van der Waals surface area contributed by atoms with Gasteiger partial charge in [-0.1, -0.05) is 20.8 Å². The number of hydrogen-bond acceptors (Lipinski definition) is 3. The maximum absolute atomic E-state index is 5.79. The summed E-state index contributed by atoms with van der Waals surface area (Å²) >= 11 is 5.79. The number of hydrogen-bond donors (Lipinski definition) is 1. The molecule has 1 N–H and O–H groups in total. The number of anilines is 1. The molecular weight excluding hydrogens is 210 g/mol. The Morgan fingerprint density at radius 2 is 1.93 bits per heavy atom. The van der Waals surface area contributed by atoms with Gasteiger partial charge in [0.05, 0.1) is 0 Å². The van der Waals surface area contributed by atoms with E-state index in [1.54, 1.807) is 0 Å². The first-order valence-corrected chi connectivity index (χ1v) is 5.44. The van der Waals surface area contributed by atoms with Crippen LogP contribution in [0.5, 0.6) is 0 Å². The first-order chi connectivity index (χ1) is 6.79. The Morgan fingerprint density at radius 3 is 2.40 bits per heavy atom. The van der Waals surface area contributed by atoms with Crippen LogP contribution >= 0.6 is 11.6 Å². The SMILES string of the molecule is Cc1cc(NC(C)C(C)(C)C)nc(Cl)n1. The average Bonchev–Trinajstić information content (AvgIpc) is 1.99. The van der Waals surface area contributed by atoms with E-state index in [1.165, 1.54) is 0 Å². The lowest BCUT2D eigenvalue weighted by Gasteiger charge is -2.28. The standard InChI is InChI=1S/C11H18ClN3/c1-7-6-9(15-10(12)13-7)14-8(2)11(3,4)5/h6,8H,1-5H3,(H,13,14,15). The molecule has 0 saturated carbocycles. The minimum atomic E-state index is 0.186. The van der Waals surface area contributed by atoms with Crippen LogP contribution in [0.1, 0.15) is 33.4 Å². The van der Waals surface area contributed by atoms with Crippen molar-refractivity contribution < 1.29 is 0 Å². The third-order valence-corrected chi connectivity index (χ3v) is 2.66. The topological polar surface area (TPSA) is 37.8 Å². The molecule has 1 aromatic rings. The number of nitrogens with zero attached hydrogens (tertiary/aromatic N) is 2. The highest BCUT2D eigenvalue weighted by Crippen LogP contribution is 2.22. The van der Waals surface area contributed by atoms with Gasteiger partial charge in [-0.05, 0) is 30.9 Å². The van der Waals surface area contributed by atoms with Crippen LogP contribution in [0.25, 0.3) is 0 Å². The smallest absolute Gasteiger partial charge is 0.224 e. The van der Waals surface area contributed by atoms with Crippen LogP contribution in [-0.4, -0.2) is 16.0 Å². The molecule has 0 aromatic carbocycles. The molecule has 1 unspecified atom stereocenters. The van der Waals surface area contributed by atoms with Crippen molar-refractivity contribution in [1.29, 1.82) is 0 Å². The first-order valence-electron chi connectivity index (χ1n) is 5.07. The Labute approximate surface area is 96.3 Å². The van der Waals surface area contributed by atoms with Crippen molar-refractivity contribution in [2.75, 3.05) is 5.32 Å². The van der Waals surface area contributed by atoms with Gasteiger partial charge in [0.1, 0.15) is 5.82 Å². The quantitative estimate of drug-likeness (QED) is 0.788. The van der Waals surface area contributed by atoms with Gasteiger partial charge in [0, 0.05) is 17.8 Å². The summed E-state index contributed by atoms with van der Waals surface area (Å²) in [5.74, 6) is 0.787. The van der Waals surface area contributed by atoms with Gasteiger partial charge < -0.3 is 5.32 Å². The summed E-state index contributed by atoms with van der Waals surface area (Å²) in [6.07, 6.45) is 0. The summed E-state index contributed by atoms with van der Waals surface area (Å²) in [6.45, 7) is 10.6. The van der Waals surface area contributed by atoms with Crippen LogP contribution in [0, 0.1) is 12.3 Å². The van der Waals surface area contributed by atoms with Crippen molar-refractivity contribution in [3.05, 3.63) is 17.0 Å². The monoisotopic (exact) mass is 227 g/mol. The largest absolute Gasteiger partial charge is 0.367 e. The van der Waals surface area contributed by atoms with E-state index >= 15 is 0 Å². The van der Waals surface area contributed by atoms with Gasteiger partial charge in [-0.15, -0.1) is 0 Å². The van der Waals surface area contributed by atoms with Gasteiger partial charge in [0.2, 0.25) is 5.28 Å². The minimum absolute atomic E-state index is 0.186. The van der Waals surface area contributed by atoms with Gasteiger partial charge in [0.25, 0.3) is 0 Å². The molecule has 1 aromatic heterocycles. The molecule has 1 atom stereocenters. The molecule has 0 fully saturated rings. The third-order valence-electron chi connectivity index (χ3n) is 2.49. The lowest BCUT2D eigenvalue weighted by Crippen LogP contribution is -2.31. The van der Waals surface area contributed by atoms with Crippen molar-refractivity contribution in [3.63, 3.8) is 0 Å². The molecule has 0 bridgehead atoms. The summed E-state index contributed by atoms with van der Waals surface area (Å²) in [6, 6.07) is 2.22. The molecule has 0 saturated heterocycles. The first kappa shape index (κ1) is 12.2. The fourth-order valence-corrected chi connectivity index (χ4v) is 1.27. The molecule has 15 heavy (non-hydrogen) atoms. The second-order valence-electron chi connectivity index (χ2n) is 4.90. The number of halogens is 1. The van der Waals surface area contributed by atoms with Crippen molar-refractivity contribution in [3.8, 4) is 0 Å². The molecular formula is C11H18ClN3. The molecule has 3 nitrogen and oxygen atoms in total. The van der Waals surface area contributed by atoms with E-state index in [0.717, 1.165) is 11.5 Å². The number of nitrogens with one attached hydrogen (secondary N) is 1. The van der Waals surface area contributed by atoms with Gasteiger partial charge >= 0.3 is 0 Å². The highest BCUT2D eigenvalue weighted by Gasteiger charge is 2.20. The second-order valence-corrected chi connectivity index (χ2v) is 5.23. The third kappa shape index (κ3) is 3.67. The second kappa shape index (κ2) is 4.35. The van der Waals surface area contributed by atoms with E-state index in [1.807, 2.05) is 13.0 Å². The maximum Gasteiger partial charge on any atom is 0.224 e. The van der Waals surface area contributed by atoms with Crippen molar-refractivity contribution in [2.45, 2.75) is 40.7 Å². The fourth-order valence-electron chi connectivity index (χ4n) is 1.04. The Bertz CT molecular complexity index is 324. The summed E-state index contributed by atoms with van der Waals surface area (Å²) in [4.78, 5) is 8.15. The number of aromatic nitrogens is 2. The Hall–Kier alpha value is -0.830. The van der Waals surface area contributed by atoms with Gasteiger partial charge in [-0.2, -0.15) is 0 Å². The summed E-state index contributed by atoms with van der Waals surface area (Å²) in [5.41, 5.74) is 1.06. The molecule has 84 valence electrons. The van der Waals surface area contributed by atoms with Crippen LogP contribution in [0.15, 0.2) is 6.07 Å². The van der Waals surface area contributed by atoms with E-state index < -0.39 is 0 Å². The predicted octanol–water partition coefficient (Wildman–Crippen LogP) is 3.28. The predicted molar refractivity (Wildman–Crippen MR) is 64.3 cm³/mol. The molecule has 1 heterocycles. The molecule has 0 aliphatic heterocycles. The van der Waals surface area contributed by atoms with E-state index in [-0.39, 0.29) is 5.41 Å². The molecule has 0 amide bonds. The van der Waals surface area contributed by atoms with Crippen LogP contribution < -0.4 is 5.32 Å². The zero-order chi connectivity index (χ0) is 11.6. The summed E-state index contributed by atoms with van der Waals surface area (Å²) in [7, 11) is 0. The van der Waals surface area contributed by atoms with E-state index in [2.05, 4.69) is 43.0 Å². The van der Waals surface area contributed by atoms with Gasteiger partial charge in [0.15, 0.2) is 0 Å². The molecule has 0 aliphatic carbocycles. The normalized spacial score (nSPS) is 13.7. The van der Waals surface area contributed by atoms with Gasteiger partial charge in [-0.3, -0.25) is 0 Å². The zero-order valence-corrected chi connectivity index (χ0v) is 10.7. The summed E-state index contributed by atoms with van der Waals surface area (Å²) in [5, 5.41) is 3.62.